The highest BCUT2D eigenvalue weighted by Crippen LogP contribution is 2.62. The first kappa shape index (κ1) is 8.28. The Morgan fingerprint density at radius 1 is 1.31 bits per heavy atom. The molecule has 1 nitrogen and oxygen atoms in total. The van der Waals surface area contributed by atoms with Crippen molar-refractivity contribution in [3.63, 3.8) is 0 Å². The normalized spacial score (nSPS) is 49.2. The van der Waals surface area contributed by atoms with E-state index >= 15 is 0 Å². The van der Waals surface area contributed by atoms with Crippen molar-refractivity contribution in [1.29, 1.82) is 0 Å². The van der Waals surface area contributed by atoms with Gasteiger partial charge in [-0.3, -0.25) is 4.90 Å². The van der Waals surface area contributed by atoms with Gasteiger partial charge in [-0.25, -0.2) is 0 Å². The molecule has 3 rings (SSSR count). The molecular weight excluding hydrogens is 158 g/mol. The van der Waals surface area contributed by atoms with Gasteiger partial charge in [-0.05, 0) is 43.6 Å². The van der Waals surface area contributed by atoms with E-state index in [4.69, 9.17) is 0 Å². The Bertz CT molecular complexity index is 240. The average molecular weight is 179 g/mol. The molecule has 0 spiro atoms. The lowest BCUT2D eigenvalue weighted by Gasteiger charge is -2.46. The van der Waals surface area contributed by atoms with Gasteiger partial charge in [0, 0.05) is 11.6 Å². The molecule has 1 heteroatoms. The number of nitrogens with zero attached hydrogens (tertiary/aromatic N) is 1. The van der Waals surface area contributed by atoms with Crippen LogP contribution in [0.3, 0.4) is 0 Å². The van der Waals surface area contributed by atoms with Crippen molar-refractivity contribution in [3.8, 4) is 0 Å². The first-order valence-corrected chi connectivity index (χ1v) is 5.81. The van der Waals surface area contributed by atoms with Crippen LogP contribution in [0.15, 0.2) is 0 Å². The van der Waals surface area contributed by atoms with Gasteiger partial charge in [0.1, 0.15) is 0 Å². The predicted molar refractivity (Wildman–Crippen MR) is 54.6 cm³/mol. The van der Waals surface area contributed by atoms with Gasteiger partial charge in [0.15, 0.2) is 0 Å². The first-order chi connectivity index (χ1) is 6.05. The number of rotatable bonds is 0. The maximum absolute atomic E-state index is 2.86. The fourth-order valence-electron chi connectivity index (χ4n) is 3.98. The van der Waals surface area contributed by atoms with Crippen LogP contribution in [0.1, 0.15) is 46.5 Å². The van der Waals surface area contributed by atoms with Crippen molar-refractivity contribution in [2.45, 2.75) is 58.0 Å². The second-order valence-electron chi connectivity index (χ2n) is 6.35. The second-order valence-corrected chi connectivity index (χ2v) is 6.35. The van der Waals surface area contributed by atoms with E-state index in [-0.39, 0.29) is 0 Å². The van der Waals surface area contributed by atoms with Crippen molar-refractivity contribution < 1.29 is 0 Å². The van der Waals surface area contributed by atoms with Crippen LogP contribution >= 0.6 is 0 Å². The summed E-state index contributed by atoms with van der Waals surface area (Å²) in [6.45, 7) is 8.71. The van der Waals surface area contributed by atoms with Gasteiger partial charge in [-0.1, -0.05) is 20.8 Å². The van der Waals surface area contributed by atoms with Crippen molar-refractivity contribution in [3.05, 3.63) is 0 Å². The van der Waals surface area contributed by atoms with E-state index < -0.39 is 0 Å². The molecule has 3 atom stereocenters. The van der Waals surface area contributed by atoms with Gasteiger partial charge in [0.05, 0.1) is 0 Å². The fourth-order valence-corrected chi connectivity index (χ4v) is 3.98. The number of hydrogen-bond acceptors (Lipinski definition) is 1. The molecule has 0 aromatic carbocycles. The van der Waals surface area contributed by atoms with E-state index in [1.807, 2.05) is 0 Å². The smallest absolute Gasteiger partial charge is 0.0264 e. The summed E-state index contributed by atoms with van der Waals surface area (Å²) in [5, 5.41) is 0. The summed E-state index contributed by atoms with van der Waals surface area (Å²) >= 11 is 0. The summed E-state index contributed by atoms with van der Waals surface area (Å²) < 4.78 is 0. The van der Waals surface area contributed by atoms with Crippen molar-refractivity contribution in [1.82, 2.24) is 4.90 Å². The molecule has 0 N–H and O–H groups in total. The maximum Gasteiger partial charge on any atom is 0.0264 e. The minimum absolute atomic E-state index is 0.497. The van der Waals surface area contributed by atoms with E-state index in [0.717, 1.165) is 12.0 Å². The molecule has 1 saturated carbocycles. The Hall–Kier alpha value is -0.0400. The zero-order valence-electron chi connectivity index (χ0n) is 9.14. The predicted octanol–water partition coefficient (Wildman–Crippen LogP) is 2.66. The summed E-state index contributed by atoms with van der Waals surface area (Å²) in [7, 11) is 0. The molecular formula is C12H21N. The molecule has 1 unspecified atom stereocenters. The summed E-state index contributed by atoms with van der Waals surface area (Å²) in [6, 6.07) is 1.00. The van der Waals surface area contributed by atoms with Crippen molar-refractivity contribution >= 4 is 0 Å². The topological polar surface area (TPSA) is 3.24 Å². The molecule has 2 saturated heterocycles. The minimum Gasteiger partial charge on any atom is -0.294 e. The Morgan fingerprint density at radius 3 is 2.69 bits per heavy atom. The Morgan fingerprint density at radius 2 is 2.08 bits per heavy atom. The van der Waals surface area contributed by atoms with Gasteiger partial charge in [-0.2, -0.15) is 0 Å². The van der Waals surface area contributed by atoms with Crippen LogP contribution < -0.4 is 0 Å². The van der Waals surface area contributed by atoms with Gasteiger partial charge < -0.3 is 0 Å². The summed E-state index contributed by atoms with van der Waals surface area (Å²) in [4.78, 5) is 2.86. The van der Waals surface area contributed by atoms with Crippen LogP contribution in [-0.2, 0) is 0 Å². The van der Waals surface area contributed by atoms with E-state index in [9.17, 15) is 0 Å². The summed E-state index contributed by atoms with van der Waals surface area (Å²) in [5.41, 5.74) is 1.09. The molecule has 74 valence electrons. The third-order valence-electron chi connectivity index (χ3n) is 4.82. The van der Waals surface area contributed by atoms with E-state index in [0.29, 0.717) is 11.0 Å². The molecule has 3 aliphatic rings. The van der Waals surface area contributed by atoms with Crippen molar-refractivity contribution in [2.75, 3.05) is 6.54 Å². The zero-order chi connectivity index (χ0) is 9.27. The van der Waals surface area contributed by atoms with Gasteiger partial charge in [0.2, 0.25) is 0 Å². The van der Waals surface area contributed by atoms with Crippen LogP contribution in [0.5, 0.6) is 0 Å². The Kier molecular flexibility index (Phi) is 1.36. The number of hydrogen-bond donors (Lipinski definition) is 0. The lowest BCUT2D eigenvalue weighted by atomic mass is 9.70. The molecule has 0 bridgehead atoms. The van der Waals surface area contributed by atoms with E-state index in [2.05, 4.69) is 25.7 Å². The highest BCUT2D eigenvalue weighted by molar-refractivity contribution is 5.18. The third-order valence-corrected chi connectivity index (χ3v) is 4.82. The standard InChI is InChI=1S/C12H21N/c1-11(2,3)12-5-4-6-13(12)10-7-9(10)8-12/h9-10H,4-8H2,1-3H3/t9-,10-,12?/m1/s1. The number of fused-ring (bicyclic) bond motifs is 3. The van der Waals surface area contributed by atoms with E-state index in [1.165, 1.54) is 32.2 Å². The quantitative estimate of drug-likeness (QED) is 0.552. The molecule has 0 aromatic heterocycles. The summed E-state index contributed by atoms with van der Waals surface area (Å²) in [6.07, 6.45) is 5.92. The molecule has 1 aliphatic carbocycles. The van der Waals surface area contributed by atoms with Crippen LogP contribution in [-0.4, -0.2) is 23.0 Å². The molecule has 0 radical (unpaired) electrons. The van der Waals surface area contributed by atoms with E-state index in [1.54, 1.807) is 0 Å². The Labute approximate surface area is 81.5 Å². The Balaban J connectivity index is 1.97. The molecule has 0 aromatic rings. The maximum atomic E-state index is 2.86. The first-order valence-electron chi connectivity index (χ1n) is 5.81. The van der Waals surface area contributed by atoms with Gasteiger partial charge in [0.25, 0.3) is 0 Å². The van der Waals surface area contributed by atoms with Crippen LogP contribution in [0, 0.1) is 11.3 Å². The zero-order valence-corrected chi connectivity index (χ0v) is 9.14. The minimum atomic E-state index is 0.497. The highest BCUT2D eigenvalue weighted by Gasteiger charge is 2.64. The SMILES string of the molecule is CC(C)(C)C12CCCN1[C@@H]1C[C@@H]1C2. The monoisotopic (exact) mass is 179 g/mol. The summed E-state index contributed by atoms with van der Waals surface area (Å²) in [5.74, 6) is 1.08. The fraction of sp³-hybridized carbons (Fsp3) is 1.00. The van der Waals surface area contributed by atoms with Crippen molar-refractivity contribution in [2.24, 2.45) is 11.3 Å². The second kappa shape index (κ2) is 2.13. The van der Waals surface area contributed by atoms with Crippen LogP contribution in [0.4, 0.5) is 0 Å². The third kappa shape index (κ3) is 0.869. The molecule has 2 aliphatic heterocycles. The molecule has 3 fully saturated rings. The van der Waals surface area contributed by atoms with Crippen LogP contribution in [0.25, 0.3) is 0 Å². The molecule has 2 heterocycles. The highest BCUT2D eigenvalue weighted by atomic mass is 15.3. The molecule has 13 heavy (non-hydrogen) atoms. The van der Waals surface area contributed by atoms with Gasteiger partial charge >= 0.3 is 0 Å². The van der Waals surface area contributed by atoms with Gasteiger partial charge in [-0.15, -0.1) is 0 Å². The molecule has 0 amide bonds. The largest absolute Gasteiger partial charge is 0.294 e. The number of piperidine rings is 1. The lowest BCUT2D eigenvalue weighted by molar-refractivity contribution is 0.0424. The van der Waals surface area contributed by atoms with Crippen LogP contribution in [0.2, 0.25) is 0 Å². The average Bonchev–Trinajstić information content (AvgIpc) is 2.52. The lowest BCUT2D eigenvalue weighted by Crippen LogP contribution is -2.51.